The molecule has 0 aliphatic rings. The van der Waals surface area contributed by atoms with Gasteiger partial charge < -0.3 is 15.0 Å². The van der Waals surface area contributed by atoms with E-state index in [2.05, 4.69) is 5.32 Å². The Labute approximate surface area is 241 Å². The number of nitrogens with one attached hydrogen (secondary N) is 1. The van der Waals surface area contributed by atoms with Crippen molar-refractivity contribution in [2.75, 3.05) is 24.2 Å². The van der Waals surface area contributed by atoms with Crippen LogP contribution in [0.25, 0.3) is 0 Å². The smallest absolute Gasteiger partial charge is 0.244 e. The van der Waals surface area contributed by atoms with Crippen molar-refractivity contribution in [3.63, 3.8) is 0 Å². The minimum absolute atomic E-state index is 0.0805. The Hall–Kier alpha value is -3.56. The largest absolute Gasteiger partial charge is 0.497 e. The molecule has 0 aromatic heterocycles. The highest BCUT2D eigenvalue weighted by Crippen LogP contribution is 2.24. The Morgan fingerprint density at radius 2 is 1.65 bits per heavy atom. The van der Waals surface area contributed by atoms with Crippen LogP contribution in [0.3, 0.4) is 0 Å². The summed E-state index contributed by atoms with van der Waals surface area (Å²) < 4.78 is 32.1. The number of ether oxygens (including phenoxy) is 1. The second kappa shape index (κ2) is 14.2. The zero-order valence-corrected chi connectivity index (χ0v) is 24.8. The highest BCUT2D eigenvalue weighted by molar-refractivity contribution is 7.92. The average Bonchev–Trinajstić information content (AvgIpc) is 2.94. The third-order valence-corrected chi connectivity index (χ3v) is 7.95. The van der Waals surface area contributed by atoms with Gasteiger partial charge in [0.05, 0.1) is 19.1 Å². The first-order valence-electron chi connectivity index (χ1n) is 13.0. The second-order valence-corrected chi connectivity index (χ2v) is 12.0. The summed E-state index contributed by atoms with van der Waals surface area (Å²) in [5, 5.41) is 3.55. The maximum Gasteiger partial charge on any atom is 0.244 e. The number of rotatable bonds is 13. The molecular weight excluding hydrogens is 550 g/mol. The number of benzene rings is 3. The van der Waals surface area contributed by atoms with Crippen LogP contribution in [-0.4, -0.2) is 57.1 Å². The fraction of sp³-hybridized carbons (Fsp3) is 0.333. The maximum atomic E-state index is 14.1. The number of amides is 2. The molecule has 3 aromatic carbocycles. The molecule has 0 saturated carbocycles. The molecule has 0 aliphatic heterocycles. The van der Waals surface area contributed by atoms with Gasteiger partial charge in [0.15, 0.2) is 0 Å². The topological polar surface area (TPSA) is 96.0 Å². The van der Waals surface area contributed by atoms with Gasteiger partial charge in [-0.2, -0.15) is 0 Å². The van der Waals surface area contributed by atoms with E-state index in [1.807, 2.05) is 44.2 Å². The average molecular weight is 586 g/mol. The minimum Gasteiger partial charge on any atom is -0.497 e. The molecule has 214 valence electrons. The Balaban J connectivity index is 2.06. The Bertz CT molecular complexity index is 1380. The first-order chi connectivity index (χ1) is 19.0. The molecule has 0 spiro atoms. The predicted molar refractivity (Wildman–Crippen MR) is 159 cm³/mol. The van der Waals surface area contributed by atoms with Crippen LogP contribution < -0.4 is 14.4 Å². The van der Waals surface area contributed by atoms with Crippen LogP contribution in [0.1, 0.15) is 31.4 Å². The molecule has 0 fully saturated rings. The van der Waals surface area contributed by atoms with Crippen LogP contribution in [-0.2, 0) is 32.6 Å². The number of nitrogens with zero attached hydrogens (tertiary/aromatic N) is 2. The molecule has 2 atom stereocenters. The summed E-state index contributed by atoms with van der Waals surface area (Å²) in [6.07, 6.45) is 2.01. The fourth-order valence-corrected chi connectivity index (χ4v) is 5.13. The number of hydrogen-bond donors (Lipinski definition) is 1. The third kappa shape index (κ3) is 8.72. The van der Waals surface area contributed by atoms with Gasteiger partial charge in [-0.3, -0.25) is 13.9 Å². The van der Waals surface area contributed by atoms with E-state index >= 15 is 0 Å². The summed E-state index contributed by atoms with van der Waals surface area (Å²) in [5.41, 5.74) is 1.90. The Morgan fingerprint density at radius 1 is 0.975 bits per heavy atom. The van der Waals surface area contributed by atoms with Gasteiger partial charge in [-0.05, 0) is 48.7 Å². The van der Waals surface area contributed by atoms with E-state index in [-0.39, 0.29) is 30.6 Å². The van der Waals surface area contributed by atoms with Crippen molar-refractivity contribution in [1.82, 2.24) is 10.2 Å². The minimum atomic E-state index is -3.87. The maximum absolute atomic E-state index is 14.1. The number of anilines is 1. The van der Waals surface area contributed by atoms with Crippen LogP contribution in [0.15, 0.2) is 78.9 Å². The van der Waals surface area contributed by atoms with Crippen molar-refractivity contribution >= 4 is 39.1 Å². The van der Waals surface area contributed by atoms with Gasteiger partial charge >= 0.3 is 0 Å². The van der Waals surface area contributed by atoms with Gasteiger partial charge in [-0.1, -0.05) is 67.1 Å². The highest BCUT2D eigenvalue weighted by atomic mass is 35.5. The standard InChI is InChI=1S/C30H36ClN3O5S/c1-5-22(2)32-30(36)28(18-23-10-7-6-8-11-23)33(20-24-14-16-25(31)17-15-24)29(35)21-34(40(4,37)38)26-12-9-13-27(19-26)39-3/h6-17,19,22,28H,5,18,20-21H2,1-4H3,(H,32,36)/t22-,28+/m0/s1. The lowest BCUT2D eigenvalue weighted by Gasteiger charge is -2.34. The van der Waals surface area contributed by atoms with E-state index in [0.717, 1.165) is 21.7 Å². The van der Waals surface area contributed by atoms with Crippen LogP contribution in [0.5, 0.6) is 5.75 Å². The van der Waals surface area contributed by atoms with Gasteiger partial charge in [0.2, 0.25) is 21.8 Å². The first kappa shape index (κ1) is 31.0. The number of halogens is 1. The third-order valence-electron chi connectivity index (χ3n) is 6.56. The van der Waals surface area contributed by atoms with Crippen LogP contribution in [0.4, 0.5) is 5.69 Å². The molecule has 40 heavy (non-hydrogen) atoms. The summed E-state index contributed by atoms with van der Waals surface area (Å²) >= 11 is 6.09. The van der Waals surface area contributed by atoms with Gasteiger partial charge in [0, 0.05) is 30.1 Å². The molecule has 0 aliphatic carbocycles. The van der Waals surface area contributed by atoms with Crippen LogP contribution >= 0.6 is 11.6 Å². The molecule has 0 saturated heterocycles. The highest BCUT2D eigenvalue weighted by Gasteiger charge is 2.33. The van der Waals surface area contributed by atoms with Crippen molar-refractivity contribution in [3.05, 3.63) is 95.0 Å². The van der Waals surface area contributed by atoms with Crippen molar-refractivity contribution < 1.29 is 22.7 Å². The van der Waals surface area contributed by atoms with E-state index < -0.39 is 28.5 Å². The predicted octanol–water partition coefficient (Wildman–Crippen LogP) is 4.67. The lowest BCUT2D eigenvalue weighted by molar-refractivity contribution is -0.140. The summed E-state index contributed by atoms with van der Waals surface area (Å²) in [7, 11) is -2.39. The number of carbonyl (C=O) groups is 2. The zero-order chi connectivity index (χ0) is 29.3. The monoisotopic (exact) mass is 585 g/mol. The quantitative estimate of drug-likeness (QED) is 0.314. The van der Waals surface area contributed by atoms with E-state index in [0.29, 0.717) is 17.2 Å². The van der Waals surface area contributed by atoms with Crippen molar-refractivity contribution in [3.8, 4) is 5.75 Å². The Kier molecular flexibility index (Phi) is 11.0. The number of hydrogen-bond acceptors (Lipinski definition) is 5. The molecular formula is C30H36ClN3O5S. The van der Waals surface area contributed by atoms with Gasteiger partial charge in [0.1, 0.15) is 18.3 Å². The van der Waals surface area contributed by atoms with Crippen molar-refractivity contribution in [2.24, 2.45) is 0 Å². The normalized spacial score (nSPS) is 12.7. The van der Waals surface area contributed by atoms with Crippen LogP contribution in [0, 0.1) is 0 Å². The molecule has 1 N–H and O–H groups in total. The molecule has 2 amide bonds. The fourth-order valence-electron chi connectivity index (χ4n) is 4.16. The Morgan fingerprint density at radius 3 is 2.25 bits per heavy atom. The van der Waals surface area contributed by atoms with E-state index in [1.54, 1.807) is 48.5 Å². The molecule has 0 unspecified atom stereocenters. The molecule has 8 nitrogen and oxygen atoms in total. The number of methoxy groups -OCH3 is 1. The van der Waals surface area contributed by atoms with Crippen molar-refractivity contribution in [1.29, 1.82) is 0 Å². The van der Waals surface area contributed by atoms with Crippen LogP contribution in [0.2, 0.25) is 5.02 Å². The molecule has 10 heteroatoms. The SMILES string of the molecule is CC[C@H](C)NC(=O)[C@@H](Cc1ccccc1)N(Cc1ccc(Cl)cc1)C(=O)CN(c1cccc(OC)c1)S(C)(=O)=O. The van der Waals surface area contributed by atoms with Gasteiger partial charge in [0.25, 0.3) is 0 Å². The molecule has 3 rings (SSSR count). The molecule has 0 bridgehead atoms. The van der Waals surface area contributed by atoms with Gasteiger partial charge in [-0.25, -0.2) is 8.42 Å². The lowest BCUT2D eigenvalue weighted by Crippen LogP contribution is -2.54. The summed E-state index contributed by atoms with van der Waals surface area (Å²) in [5.74, 6) is -0.386. The van der Waals surface area contributed by atoms with Crippen molar-refractivity contribution in [2.45, 2.75) is 45.3 Å². The summed E-state index contributed by atoms with van der Waals surface area (Å²) in [6, 6.07) is 21.9. The number of sulfonamides is 1. The number of carbonyl (C=O) groups excluding carboxylic acids is 2. The van der Waals surface area contributed by atoms with E-state index in [4.69, 9.17) is 16.3 Å². The molecule has 3 aromatic rings. The van der Waals surface area contributed by atoms with E-state index in [1.165, 1.54) is 12.0 Å². The van der Waals surface area contributed by atoms with E-state index in [9.17, 15) is 18.0 Å². The van der Waals surface area contributed by atoms with Gasteiger partial charge in [-0.15, -0.1) is 0 Å². The second-order valence-electron chi connectivity index (χ2n) is 9.64. The lowest BCUT2D eigenvalue weighted by atomic mass is 10.0. The summed E-state index contributed by atoms with van der Waals surface area (Å²) in [4.78, 5) is 29.2. The summed E-state index contributed by atoms with van der Waals surface area (Å²) in [6.45, 7) is 3.45. The first-order valence-corrected chi connectivity index (χ1v) is 15.2. The molecule has 0 heterocycles. The molecule has 0 radical (unpaired) electrons. The zero-order valence-electron chi connectivity index (χ0n) is 23.2.